The number of amides is 4. The topological polar surface area (TPSA) is 95.6 Å². The molecule has 1 saturated heterocycles. The molecule has 3 fully saturated rings. The quantitative estimate of drug-likeness (QED) is 0.802. The number of hydrogen-bond donors (Lipinski definition) is 2. The molecule has 134 valence electrons. The fourth-order valence-corrected chi connectivity index (χ4v) is 4.15. The summed E-state index contributed by atoms with van der Waals surface area (Å²) in [4.78, 5) is 51.4. The number of nitrogens with zero attached hydrogens (tertiary/aromatic N) is 1. The van der Waals surface area contributed by atoms with Crippen LogP contribution in [0.15, 0.2) is 18.2 Å². The Hall–Kier alpha value is -2.70. The number of hydrogen-bond acceptors (Lipinski definition) is 5. The van der Waals surface area contributed by atoms with Gasteiger partial charge in [-0.25, -0.2) is 0 Å². The van der Waals surface area contributed by atoms with Crippen LogP contribution >= 0.6 is 0 Å². The van der Waals surface area contributed by atoms with E-state index in [0.717, 1.165) is 24.2 Å². The highest BCUT2D eigenvalue weighted by molar-refractivity contribution is 6.25. The van der Waals surface area contributed by atoms with Crippen molar-refractivity contribution in [3.63, 3.8) is 0 Å². The number of imide groups is 2. The minimum atomic E-state index is -0.917. The molecule has 7 heteroatoms. The van der Waals surface area contributed by atoms with Gasteiger partial charge in [0.2, 0.25) is 11.8 Å². The van der Waals surface area contributed by atoms with Crippen molar-refractivity contribution in [3.05, 3.63) is 29.3 Å². The lowest BCUT2D eigenvalue weighted by Crippen LogP contribution is -2.58. The summed E-state index contributed by atoms with van der Waals surface area (Å²) in [6.07, 6.45) is 4.87. The molecule has 1 aromatic rings. The summed E-state index contributed by atoms with van der Waals surface area (Å²) >= 11 is 0. The van der Waals surface area contributed by atoms with Crippen molar-refractivity contribution in [1.82, 2.24) is 10.2 Å². The highest BCUT2D eigenvalue weighted by atomic mass is 16.2. The van der Waals surface area contributed by atoms with Crippen LogP contribution in [0.1, 0.15) is 59.2 Å². The van der Waals surface area contributed by atoms with Crippen molar-refractivity contribution in [2.24, 2.45) is 5.41 Å². The van der Waals surface area contributed by atoms with Gasteiger partial charge < -0.3 is 5.32 Å². The molecule has 1 atom stereocenters. The van der Waals surface area contributed by atoms with E-state index in [4.69, 9.17) is 0 Å². The lowest BCUT2D eigenvalue weighted by atomic mass is 9.90. The van der Waals surface area contributed by atoms with E-state index in [9.17, 15) is 19.2 Å². The van der Waals surface area contributed by atoms with Gasteiger partial charge in [0, 0.05) is 11.7 Å². The minimum Gasteiger partial charge on any atom is -0.382 e. The van der Waals surface area contributed by atoms with Gasteiger partial charge in [-0.05, 0) is 50.7 Å². The van der Waals surface area contributed by atoms with Crippen LogP contribution in [0.25, 0.3) is 0 Å². The van der Waals surface area contributed by atoms with Crippen molar-refractivity contribution < 1.29 is 19.2 Å². The molecule has 2 saturated carbocycles. The van der Waals surface area contributed by atoms with Crippen LogP contribution in [0.5, 0.6) is 0 Å². The average Bonchev–Trinajstić information content (AvgIpc) is 3.31. The molecule has 7 nitrogen and oxygen atoms in total. The van der Waals surface area contributed by atoms with Gasteiger partial charge in [0.25, 0.3) is 11.8 Å². The van der Waals surface area contributed by atoms with Gasteiger partial charge in [0.15, 0.2) is 0 Å². The zero-order chi connectivity index (χ0) is 18.1. The molecule has 1 spiro atoms. The fourth-order valence-electron chi connectivity index (χ4n) is 4.15. The maximum Gasteiger partial charge on any atom is 0.264 e. The predicted molar refractivity (Wildman–Crippen MR) is 91.4 cm³/mol. The van der Waals surface area contributed by atoms with Gasteiger partial charge in [-0.2, -0.15) is 0 Å². The molecule has 26 heavy (non-hydrogen) atoms. The van der Waals surface area contributed by atoms with Gasteiger partial charge in [-0.15, -0.1) is 0 Å². The van der Waals surface area contributed by atoms with Crippen LogP contribution in [-0.2, 0) is 9.59 Å². The highest BCUT2D eigenvalue weighted by Crippen LogP contribution is 2.52. The Morgan fingerprint density at radius 1 is 1.08 bits per heavy atom. The Morgan fingerprint density at radius 2 is 1.85 bits per heavy atom. The number of carbonyl (C=O) groups excluding carboxylic acids is 4. The molecule has 2 aliphatic carbocycles. The third-order valence-corrected chi connectivity index (χ3v) is 6.18. The first-order chi connectivity index (χ1) is 12.5. The summed E-state index contributed by atoms with van der Waals surface area (Å²) in [5.41, 5.74) is 0.746. The summed E-state index contributed by atoms with van der Waals surface area (Å²) in [5.74, 6) is -1.73. The highest BCUT2D eigenvalue weighted by Gasteiger charge is 2.58. The normalized spacial score (nSPS) is 26.6. The molecule has 2 heterocycles. The van der Waals surface area contributed by atoms with Crippen LogP contribution in [0, 0.1) is 5.41 Å². The Labute approximate surface area is 150 Å². The molecule has 0 radical (unpaired) electrons. The maximum absolute atomic E-state index is 13.1. The van der Waals surface area contributed by atoms with Crippen LogP contribution in [0.4, 0.5) is 5.69 Å². The molecule has 5 rings (SSSR count). The fraction of sp³-hybridized carbons (Fsp3) is 0.474. The molecule has 0 bridgehead atoms. The Morgan fingerprint density at radius 3 is 2.50 bits per heavy atom. The summed E-state index contributed by atoms with van der Waals surface area (Å²) in [6.45, 7) is 0. The second kappa shape index (κ2) is 5.16. The number of piperidine rings is 1. The van der Waals surface area contributed by atoms with E-state index < -0.39 is 29.2 Å². The van der Waals surface area contributed by atoms with Crippen LogP contribution in [0.3, 0.4) is 0 Å². The summed E-state index contributed by atoms with van der Waals surface area (Å²) < 4.78 is 0. The molecule has 4 aliphatic rings. The molecule has 0 aromatic heterocycles. The van der Waals surface area contributed by atoms with Crippen molar-refractivity contribution in [2.45, 2.75) is 50.6 Å². The van der Waals surface area contributed by atoms with Gasteiger partial charge in [0.05, 0.1) is 16.5 Å². The zero-order valence-corrected chi connectivity index (χ0v) is 14.2. The van der Waals surface area contributed by atoms with E-state index in [0.29, 0.717) is 35.7 Å². The van der Waals surface area contributed by atoms with E-state index >= 15 is 0 Å². The van der Waals surface area contributed by atoms with Crippen LogP contribution in [-0.4, -0.2) is 40.6 Å². The molecule has 2 N–H and O–H groups in total. The third kappa shape index (κ3) is 2.06. The van der Waals surface area contributed by atoms with E-state index in [2.05, 4.69) is 10.6 Å². The molecular formula is C19H19N3O4. The van der Waals surface area contributed by atoms with Crippen molar-refractivity contribution in [2.75, 3.05) is 5.32 Å². The van der Waals surface area contributed by atoms with Gasteiger partial charge >= 0.3 is 0 Å². The first-order valence-corrected chi connectivity index (χ1v) is 9.13. The first-order valence-electron chi connectivity index (χ1n) is 9.13. The lowest BCUT2D eigenvalue weighted by molar-refractivity contribution is -0.141. The Balaban J connectivity index is 1.49. The molecule has 1 aromatic carbocycles. The molecule has 1 unspecified atom stereocenters. The number of nitrogens with one attached hydrogen (secondary N) is 2. The van der Waals surface area contributed by atoms with Gasteiger partial charge in [0.1, 0.15) is 6.04 Å². The van der Waals surface area contributed by atoms with E-state index in [1.54, 1.807) is 18.2 Å². The molecule has 4 amide bonds. The Kier molecular flexibility index (Phi) is 3.08. The number of anilines is 1. The first kappa shape index (κ1) is 15.5. The summed E-state index contributed by atoms with van der Waals surface area (Å²) in [5, 5.41) is 5.70. The smallest absolute Gasteiger partial charge is 0.264 e. The average molecular weight is 353 g/mol. The number of carbonyl (C=O) groups is 4. The van der Waals surface area contributed by atoms with Crippen LogP contribution in [0.2, 0.25) is 0 Å². The van der Waals surface area contributed by atoms with E-state index in [1.165, 1.54) is 0 Å². The second-order valence-electron chi connectivity index (χ2n) is 7.80. The number of benzene rings is 1. The maximum atomic E-state index is 13.1. The van der Waals surface area contributed by atoms with Crippen molar-refractivity contribution in [1.29, 1.82) is 0 Å². The van der Waals surface area contributed by atoms with Crippen molar-refractivity contribution in [3.8, 4) is 0 Å². The molecule has 2 aliphatic heterocycles. The van der Waals surface area contributed by atoms with Crippen LogP contribution < -0.4 is 10.6 Å². The largest absolute Gasteiger partial charge is 0.382 e. The van der Waals surface area contributed by atoms with E-state index in [1.807, 2.05) is 0 Å². The van der Waals surface area contributed by atoms with Gasteiger partial charge in [-0.3, -0.25) is 29.4 Å². The molecular weight excluding hydrogens is 334 g/mol. The van der Waals surface area contributed by atoms with Gasteiger partial charge in [-0.1, -0.05) is 6.07 Å². The summed E-state index contributed by atoms with van der Waals surface area (Å²) in [6, 6.07) is 4.59. The lowest BCUT2D eigenvalue weighted by Gasteiger charge is -2.32. The minimum absolute atomic E-state index is 0.231. The monoisotopic (exact) mass is 353 g/mol. The third-order valence-electron chi connectivity index (χ3n) is 6.18. The number of fused-ring (bicyclic) bond motifs is 1. The second-order valence-corrected chi connectivity index (χ2v) is 7.80. The predicted octanol–water partition coefficient (Wildman–Crippen LogP) is 1.44. The standard InChI is InChI=1S/C19H19N3O4/c23-15-13(9-19(7-8-19)18(26)21-15)22-16(24)11-5-2-6-12(14(11)17(22)25)20-10-3-1-4-10/h2,5-6,10,13,20H,1,3-4,7-9H2,(H,21,23,26). The Bertz CT molecular complexity index is 870. The van der Waals surface area contributed by atoms with E-state index in [-0.39, 0.29) is 12.3 Å². The SMILES string of the molecule is O=C1NC(=O)C2(CC2)CC1N1C(=O)c2cccc(NC3CCC3)c2C1=O. The number of rotatable bonds is 3. The van der Waals surface area contributed by atoms with Crippen molar-refractivity contribution >= 4 is 29.3 Å². The summed E-state index contributed by atoms with van der Waals surface area (Å²) in [7, 11) is 0. The zero-order valence-electron chi connectivity index (χ0n) is 14.2.